The molecular formula is C6H11N5O2. The highest BCUT2D eigenvalue weighted by Gasteiger charge is 2.09. The maximum absolute atomic E-state index is 11.2. The lowest BCUT2D eigenvalue weighted by Crippen LogP contribution is -2.25. The van der Waals surface area contributed by atoms with Crippen LogP contribution in [0.1, 0.15) is 0 Å². The Balaban J connectivity index is 2.88. The summed E-state index contributed by atoms with van der Waals surface area (Å²) < 4.78 is 1.21. The lowest BCUT2D eigenvalue weighted by molar-refractivity contribution is -0.116. The Labute approximate surface area is 73.7 Å². The second kappa shape index (κ2) is 3.21. The zero-order valence-electron chi connectivity index (χ0n) is 7.13. The average Bonchev–Trinajstić information content (AvgIpc) is 2.24. The molecule has 0 fully saturated rings. The van der Waals surface area contributed by atoms with Crippen LogP contribution in [0.2, 0.25) is 0 Å². The van der Waals surface area contributed by atoms with Crippen LogP contribution in [0, 0.1) is 0 Å². The van der Waals surface area contributed by atoms with Gasteiger partial charge in [-0.25, -0.2) is 0 Å². The highest BCUT2D eigenvalue weighted by atomic mass is 16.1. The second-order valence-corrected chi connectivity index (χ2v) is 2.58. The van der Waals surface area contributed by atoms with Gasteiger partial charge in [0.2, 0.25) is 5.91 Å². The number of aromatic amines is 1. The van der Waals surface area contributed by atoms with Gasteiger partial charge in [0.15, 0.2) is 0 Å². The quantitative estimate of drug-likeness (QED) is 0.443. The van der Waals surface area contributed by atoms with Crippen molar-refractivity contribution in [3.8, 4) is 0 Å². The second-order valence-electron chi connectivity index (χ2n) is 2.58. The van der Waals surface area contributed by atoms with E-state index >= 15 is 0 Å². The van der Waals surface area contributed by atoms with E-state index in [1.165, 1.54) is 11.7 Å². The van der Waals surface area contributed by atoms with Gasteiger partial charge in [-0.05, 0) is 0 Å². The first-order chi connectivity index (χ1) is 6.02. The Kier molecular flexibility index (Phi) is 2.27. The molecule has 7 nitrogen and oxygen atoms in total. The minimum Gasteiger partial charge on any atom is -0.382 e. The fourth-order valence-corrected chi connectivity index (χ4v) is 0.917. The van der Waals surface area contributed by atoms with Crippen molar-refractivity contribution in [2.24, 2.45) is 12.8 Å². The molecule has 0 saturated carbocycles. The third-order valence-corrected chi connectivity index (χ3v) is 1.52. The lowest BCUT2D eigenvalue weighted by atomic mass is 10.4. The molecule has 0 spiro atoms. The molecule has 0 aliphatic rings. The van der Waals surface area contributed by atoms with Crippen LogP contribution in [0.15, 0.2) is 4.79 Å². The van der Waals surface area contributed by atoms with Crippen molar-refractivity contribution < 1.29 is 4.79 Å². The maximum Gasteiger partial charge on any atom is 0.291 e. The van der Waals surface area contributed by atoms with E-state index in [0.29, 0.717) is 0 Å². The van der Waals surface area contributed by atoms with Gasteiger partial charge < -0.3 is 16.8 Å². The van der Waals surface area contributed by atoms with Gasteiger partial charge in [0.05, 0.1) is 6.54 Å². The van der Waals surface area contributed by atoms with Crippen LogP contribution in [-0.4, -0.2) is 22.2 Å². The first-order valence-corrected chi connectivity index (χ1v) is 3.59. The highest BCUT2D eigenvalue weighted by Crippen LogP contribution is 2.07. The van der Waals surface area contributed by atoms with E-state index in [9.17, 15) is 9.59 Å². The smallest absolute Gasteiger partial charge is 0.291 e. The van der Waals surface area contributed by atoms with Crippen molar-refractivity contribution in [3.05, 3.63) is 10.4 Å². The molecule has 7 heteroatoms. The Morgan fingerprint density at radius 1 is 1.69 bits per heavy atom. The van der Waals surface area contributed by atoms with Crippen molar-refractivity contribution in [2.75, 3.05) is 17.6 Å². The van der Waals surface area contributed by atoms with Gasteiger partial charge in [0.25, 0.3) is 5.56 Å². The number of amides is 1. The van der Waals surface area contributed by atoms with Crippen LogP contribution in [0.5, 0.6) is 0 Å². The zero-order valence-corrected chi connectivity index (χ0v) is 7.13. The van der Waals surface area contributed by atoms with Crippen molar-refractivity contribution in [1.82, 2.24) is 9.78 Å². The third kappa shape index (κ3) is 1.81. The Hall–Kier alpha value is -1.92. The van der Waals surface area contributed by atoms with E-state index in [0.717, 1.165) is 0 Å². The molecule has 1 rings (SSSR count). The van der Waals surface area contributed by atoms with Crippen molar-refractivity contribution in [3.63, 3.8) is 0 Å². The number of nitrogen functional groups attached to an aromatic ring is 1. The zero-order chi connectivity index (χ0) is 10.0. The summed E-state index contributed by atoms with van der Waals surface area (Å²) in [5.74, 6) is -0.364. The summed E-state index contributed by atoms with van der Waals surface area (Å²) >= 11 is 0. The number of carbonyl (C=O) groups is 1. The summed E-state index contributed by atoms with van der Waals surface area (Å²) in [4.78, 5) is 21.6. The third-order valence-electron chi connectivity index (χ3n) is 1.52. The minimum atomic E-state index is -0.553. The number of aromatic nitrogens is 2. The van der Waals surface area contributed by atoms with Crippen LogP contribution in [0.25, 0.3) is 0 Å². The molecule has 0 saturated heterocycles. The number of hydrogen-bond acceptors (Lipinski definition) is 4. The number of nitrogens with zero attached hydrogens (tertiary/aromatic N) is 1. The van der Waals surface area contributed by atoms with E-state index in [2.05, 4.69) is 10.4 Å². The molecule has 72 valence electrons. The van der Waals surface area contributed by atoms with Gasteiger partial charge in [-0.15, -0.1) is 0 Å². The van der Waals surface area contributed by atoms with Crippen LogP contribution in [-0.2, 0) is 11.8 Å². The monoisotopic (exact) mass is 185 g/mol. The summed E-state index contributed by atoms with van der Waals surface area (Å²) in [6.45, 7) is -0.114. The molecule has 0 bridgehead atoms. The summed E-state index contributed by atoms with van der Waals surface area (Å²) in [5.41, 5.74) is 10.2. The fourth-order valence-electron chi connectivity index (χ4n) is 0.917. The molecule has 0 aliphatic carbocycles. The number of nitrogens with one attached hydrogen (secondary N) is 2. The number of carbonyl (C=O) groups excluding carboxylic acids is 1. The number of rotatable bonds is 3. The van der Waals surface area contributed by atoms with Gasteiger partial charge in [-0.2, -0.15) is 0 Å². The number of hydrogen-bond donors (Lipinski definition) is 4. The Bertz CT molecular complexity index is 377. The molecule has 0 aromatic carbocycles. The molecule has 0 unspecified atom stereocenters. The molecule has 1 amide bonds. The predicted octanol–water partition coefficient (Wildman–Crippen LogP) is -1.81. The number of aryl methyl sites for hydroxylation is 1. The van der Waals surface area contributed by atoms with E-state index in [1.807, 2.05) is 0 Å². The average molecular weight is 185 g/mol. The number of H-pyrrole nitrogens is 1. The van der Waals surface area contributed by atoms with Crippen LogP contribution in [0.4, 0.5) is 11.5 Å². The first kappa shape index (κ1) is 9.17. The number of primary amides is 1. The van der Waals surface area contributed by atoms with E-state index < -0.39 is 5.91 Å². The van der Waals surface area contributed by atoms with Gasteiger partial charge in [0, 0.05) is 7.05 Å². The molecule has 13 heavy (non-hydrogen) atoms. The molecule has 0 atom stereocenters. The summed E-state index contributed by atoms with van der Waals surface area (Å²) in [6, 6.07) is 0. The Morgan fingerprint density at radius 2 is 2.31 bits per heavy atom. The van der Waals surface area contributed by atoms with Crippen molar-refractivity contribution >= 4 is 17.4 Å². The minimum absolute atomic E-state index is 0.114. The summed E-state index contributed by atoms with van der Waals surface area (Å²) in [7, 11) is 1.52. The molecule has 1 heterocycles. The number of nitrogens with two attached hydrogens (primary N) is 2. The van der Waals surface area contributed by atoms with Crippen LogP contribution < -0.4 is 22.3 Å². The molecule has 0 aliphatic heterocycles. The van der Waals surface area contributed by atoms with Gasteiger partial charge in [-0.3, -0.25) is 19.4 Å². The van der Waals surface area contributed by atoms with E-state index in [-0.39, 0.29) is 23.6 Å². The molecule has 0 radical (unpaired) electrons. The van der Waals surface area contributed by atoms with Crippen LogP contribution in [0.3, 0.4) is 0 Å². The summed E-state index contributed by atoms with van der Waals surface area (Å²) in [6.07, 6.45) is 0. The standard InChI is InChI=1S/C6H11N5O2/c1-11-6(13)4(5(8)10-11)9-2-3(7)12/h9-10H,2,8H2,1H3,(H2,7,12). The molecular weight excluding hydrogens is 174 g/mol. The SMILES string of the molecule is Cn1[nH]c(N)c(NCC(N)=O)c1=O. The van der Waals surface area contributed by atoms with E-state index in [4.69, 9.17) is 11.5 Å². The first-order valence-electron chi connectivity index (χ1n) is 3.59. The van der Waals surface area contributed by atoms with Crippen molar-refractivity contribution in [1.29, 1.82) is 0 Å². The fraction of sp³-hybridized carbons (Fsp3) is 0.333. The molecule has 1 aromatic heterocycles. The number of anilines is 2. The normalized spacial score (nSPS) is 9.92. The van der Waals surface area contributed by atoms with Crippen molar-refractivity contribution in [2.45, 2.75) is 0 Å². The van der Waals surface area contributed by atoms with Gasteiger partial charge in [0.1, 0.15) is 11.5 Å². The topological polar surface area (TPSA) is 119 Å². The lowest BCUT2D eigenvalue weighted by Gasteiger charge is -1.98. The largest absolute Gasteiger partial charge is 0.382 e. The maximum atomic E-state index is 11.2. The van der Waals surface area contributed by atoms with Crippen LogP contribution >= 0.6 is 0 Å². The van der Waals surface area contributed by atoms with Gasteiger partial charge in [-0.1, -0.05) is 0 Å². The van der Waals surface area contributed by atoms with Gasteiger partial charge >= 0.3 is 0 Å². The summed E-state index contributed by atoms with van der Waals surface area (Å²) in [5, 5.41) is 5.10. The highest BCUT2D eigenvalue weighted by molar-refractivity contribution is 5.79. The molecule has 1 aromatic rings. The molecule has 6 N–H and O–H groups in total. The predicted molar refractivity (Wildman–Crippen MR) is 48.1 cm³/mol. The van der Waals surface area contributed by atoms with E-state index in [1.54, 1.807) is 0 Å². The Morgan fingerprint density at radius 3 is 2.69 bits per heavy atom.